The van der Waals surface area contributed by atoms with Gasteiger partial charge >= 0.3 is 5.97 Å². The van der Waals surface area contributed by atoms with Crippen LogP contribution in [0.3, 0.4) is 0 Å². The average molecular weight is 324 g/mol. The number of carbonyl (C=O) groups excluding carboxylic acids is 1. The normalized spacial score (nSPS) is 11.0. The zero-order valence-corrected chi connectivity index (χ0v) is 14.5. The Bertz CT molecular complexity index is 685. The van der Waals surface area contributed by atoms with E-state index in [4.69, 9.17) is 4.74 Å². The number of carbonyl (C=O) groups is 1. The van der Waals surface area contributed by atoms with Crippen LogP contribution in [0.25, 0.3) is 0 Å². The minimum absolute atomic E-state index is 0.0705. The van der Waals surface area contributed by atoms with E-state index in [1.807, 2.05) is 18.2 Å². The van der Waals surface area contributed by atoms with Crippen molar-refractivity contribution in [2.75, 3.05) is 13.7 Å². The molecule has 0 saturated heterocycles. The van der Waals surface area contributed by atoms with Gasteiger partial charge in [-0.05, 0) is 23.3 Å². The van der Waals surface area contributed by atoms with Crippen LogP contribution in [-0.2, 0) is 14.9 Å². The Hall–Kier alpha value is -2.55. The molecule has 2 aromatic carbocycles. The van der Waals surface area contributed by atoms with Crippen molar-refractivity contribution in [3.05, 3.63) is 77.9 Å². The van der Waals surface area contributed by atoms with E-state index in [-0.39, 0.29) is 5.41 Å². The lowest BCUT2D eigenvalue weighted by molar-refractivity contribution is -0.136. The van der Waals surface area contributed by atoms with Crippen molar-refractivity contribution >= 4 is 5.97 Å². The lowest BCUT2D eigenvalue weighted by atomic mass is 9.78. The SMILES string of the molecule is C=C(CCOc1ccc(C(C)(C)c2ccccc2)cc1)C(=O)OC. The number of hydrogen-bond acceptors (Lipinski definition) is 3. The largest absolute Gasteiger partial charge is 0.493 e. The second kappa shape index (κ2) is 7.82. The summed E-state index contributed by atoms with van der Waals surface area (Å²) < 4.78 is 10.3. The minimum atomic E-state index is -0.390. The predicted octanol–water partition coefficient (Wildman–Crippen LogP) is 4.51. The summed E-state index contributed by atoms with van der Waals surface area (Å²) >= 11 is 0. The molecule has 0 atom stereocenters. The van der Waals surface area contributed by atoms with Gasteiger partial charge in [-0.15, -0.1) is 0 Å². The molecule has 0 fully saturated rings. The van der Waals surface area contributed by atoms with Crippen LogP contribution in [0.15, 0.2) is 66.7 Å². The topological polar surface area (TPSA) is 35.5 Å². The maximum absolute atomic E-state index is 11.3. The number of esters is 1. The molecule has 24 heavy (non-hydrogen) atoms. The van der Waals surface area contributed by atoms with Gasteiger partial charge in [-0.1, -0.05) is 62.9 Å². The molecule has 0 aliphatic rings. The molecule has 3 heteroatoms. The summed E-state index contributed by atoms with van der Waals surface area (Å²) in [6, 6.07) is 18.5. The second-order valence-corrected chi connectivity index (χ2v) is 6.21. The van der Waals surface area contributed by atoms with E-state index in [1.165, 1.54) is 18.2 Å². The van der Waals surface area contributed by atoms with E-state index >= 15 is 0 Å². The van der Waals surface area contributed by atoms with E-state index in [0.717, 1.165) is 5.75 Å². The van der Waals surface area contributed by atoms with Crippen LogP contribution in [0.2, 0.25) is 0 Å². The van der Waals surface area contributed by atoms with Crippen molar-refractivity contribution in [2.45, 2.75) is 25.7 Å². The van der Waals surface area contributed by atoms with Gasteiger partial charge in [-0.3, -0.25) is 0 Å². The third-order valence-corrected chi connectivity index (χ3v) is 4.22. The number of rotatable bonds is 7. The molecular weight excluding hydrogens is 300 g/mol. The molecule has 0 aliphatic heterocycles. The van der Waals surface area contributed by atoms with Gasteiger partial charge in [0, 0.05) is 17.4 Å². The van der Waals surface area contributed by atoms with E-state index < -0.39 is 5.97 Å². The number of ether oxygens (including phenoxy) is 2. The Morgan fingerprint density at radius 3 is 2.17 bits per heavy atom. The van der Waals surface area contributed by atoms with Crippen LogP contribution < -0.4 is 4.74 Å². The highest BCUT2D eigenvalue weighted by Crippen LogP contribution is 2.32. The molecule has 0 spiro atoms. The van der Waals surface area contributed by atoms with Crippen LogP contribution in [-0.4, -0.2) is 19.7 Å². The Labute approximate surface area is 143 Å². The molecule has 0 N–H and O–H groups in total. The summed E-state index contributed by atoms with van der Waals surface area (Å²) in [7, 11) is 1.35. The Morgan fingerprint density at radius 1 is 1.00 bits per heavy atom. The molecule has 3 nitrogen and oxygen atoms in total. The maximum Gasteiger partial charge on any atom is 0.333 e. The fraction of sp³-hybridized carbons (Fsp3) is 0.286. The van der Waals surface area contributed by atoms with Crippen LogP contribution in [0.5, 0.6) is 5.75 Å². The molecule has 0 aliphatic carbocycles. The molecular formula is C21H24O3. The van der Waals surface area contributed by atoms with Gasteiger partial charge in [-0.25, -0.2) is 4.79 Å². The Kier molecular flexibility index (Phi) is 5.80. The fourth-order valence-corrected chi connectivity index (χ4v) is 2.53. The fourth-order valence-electron chi connectivity index (χ4n) is 2.53. The van der Waals surface area contributed by atoms with Crippen molar-refractivity contribution in [1.29, 1.82) is 0 Å². The van der Waals surface area contributed by atoms with Crippen molar-refractivity contribution in [3.63, 3.8) is 0 Å². The summed E-state index contributed by atoms with van der Waals surface area (Å²) in [6.45, 7) is 8.49. The maximum atomic E-state index is 11.3. The molecule has 0 amide bonds. The summed E-state index contributed by atoms with van der Waals surface area (Å²) in [5.74, 6) is 0.388. The molecule has 0 unspecified atom stereocenters. The first kappa shape index (κ1) is 17.8. The summed E-state index contributed by atoms with van der Waals surface area (Å²) in [5.41, 5.74) is 2.84. The lowest BCUT2D eigenvalue weighted by Crippen LogP contribution is -2.18. The predicted molar refractivity (Wildman–Crippen MR) is 96.3 cm³/mol. The molecule has 0 bridgehead atoms. The van der Waals surface area contributed by atoms with E-state index in [2.05, 4.69) is 61.6 Å². The summed E-state index contributed by atoms with van der Waals surface area (Å²) in [4.78, 5) is 11.3. The molecule has 0 saturated carbocycles. The van der Waals surface area contributed by atoms with E-state index in [1.54, 1.807) is 0 Å². The highest BCUT2D eigenvalue weighted by molar-refractivity contribution is 5.87. The summed E-state index contributed by atoms with van der Waals surface area (Å²) in [5, 5.41) is 0. The van der Waals surface area contributed by atoms with Crippen LogP contribution in [0.1, 0.15) is 31.4 Å². The standard InChI is InChI=1S/C21H24O3/c1-16(20(22)23-4)14-15-24-19-12-10-18(11-13-19)21(2,3)17-8-6-5-7-9-17/h5-13H,1,14-15H2,2-4H3. The zero-order valence-electron chi connectivity index (χ0n) is 14.5. The molecule has 0 aromatic heterocycles. The van der Waals surface area contributed by atoms with Crippen LogP contribution in [0, 0.1) is 0 Å². The van der Waals surface area contributed by atoms with Crippen molar-refractivity contribution in [3.8, 4) is 5.75 Å². The second-order valence-electron chi connectivity index (χ2n) is 6.21. The minimum Gasteiger partial charge on any atom is -0.493 e. The van der Waals surface area contributed by atoms with Gasteiger partial charge in [0.25, 0.3) is 0 Å². The molecule has 0 radical (unpaired) electrons. The van der Waals surface area contributed by atoms with E-state index in [0.29, 0.717) is 18.6 Å². The van der Waals surface area contributed by atoms with Crippen LogP contribution in [0.4, 0.5) is 0 Å². The van der Waals surface area contributed by atoms with E-state index in [9.17, 15) is 4.79 Å². The Balaban J connectivity index is 1.98. The smallest absolute Gasteiger partial charge is 0.333 e. The zero-order chi connectivity index (χ0) is 17.6. The van der Waals surface area contributed by atoms with Gasteiger partial charge in [0.05, 0.1) is 13.7 Å². The molecule has 0 heterocycles. The third-order valence-electron chi connectivity index (χ3n) is 4.22. The highest BCUT2D eigenvalue weighted by Gasteiger charge is 2.22. The quantitative estimate of drug-likeness (QED) is 0.555. The van der Waals surface area contributed by atoms with Gasteiger partial charge in [0.15, 0.2) is 0 Å². The summed E-state index contributed by atoms with van der Waals surface area (Å²) in [6.07, 6.45) is 0.448. The monoisotopic (exact) mass is 324 g/mol. The van der Waals surface area contributed by atoms with Gasteiger partial charge in [0.1, 0.15) is 5.75 Å². The number of benzene rings is 2. The first-order valence-corrected chi connectivity index (χ1v) is 8.00. The highest BCUT2D eigenvalue weighted by atomic mass is 16.5. The van der Waals surface area contributed by atoms with Crippen LogP contribution >= 0.6 is 0 Å². The first-order chi connectivity index (χ1) is 11.4. The van der Waals surface area contributed by atoms with Crippen molar-refractivity contribution in [2.24, 2.45) is 0 Å². The number of methoxy groups -OCH3 is 1. The average Bonchev–Trinajstić information content (AvgIpc) is 2.62. The first-order valence-electron chi connectivity index (χ1n) is 8.00. The van der Waals surface area contributed by atoms with Crippen molar-refractivity contribution < 1.29 is 14.3 Å². The van der Waals surface area contributed by atoms with Gasteiger partial charge in [0.2, 0.25) is 0 Å². The van der Waals surface area contributed by atoms with Gasteiger partial charge < -0.3 is 9.47 Å². The molecule has 2 rings (SSSR count). The molecule has 126 valence electrons. The number of hydrogen-bond donors (Lipinski definition) is 0. The van der Waals surface area contributed by atoms with Crippen molar-refractivity contribution in [1.82, 2.24) is 0 Å². The lowest BCUT2D eigenvalue weighted by Gasteiger charge is -2.26. The third kappa shape index (κ3) is 4.25. The Morgan fingerprint density at radius 2 is 1.58 bits per heavy atom. The molecule has 2 aromatic rings. The van der Waals surface area contributed by atoms with Gasteiger partial charge in [-0.2, -0.15) is 0 Å².